The van der Waals surface area contributed by atoms with E-state index < -0.39 is 72.6 Å². The first-order valence-corrected chi connectivity index (χ1v) is 30.6. The number of fused-ring (bicyclic) bond motifs is 7. The van der Waals surface area contributed by atoms with Gasteiger partial charge in [0.1, 0.15) is 0 Å². The lowest BCUT2D eigenvalue weighted by atomic mass is 9.33. The highest BCUT2D eigenvalue weighted by Gasteiger charge is 2.49. The molecule has 0 fully saturated rings. The molecule has 0 amide bonds. The van der Waals surface area contributed by atoms with Crippen molar-refractivity contribution in [1.29, 1.82) is 0 Å². The molecule has 0 unspecified atom stereocenters. The van der Waals surface area contributed by atoms with Crippen molar-refractivity contribution >= 4 is 57.2 Å². The van der Waals surface area contributed by atoms with E-state index in [1.54, 1.807) is 12.1 Å². The molecular formula is C85H73BN2. The SMILES string of the molecule is [2H]c1c([2H])c([2H])c(C2(c3c([2H])c([2H])c([2H])c([2H])c3[2H])c3ccccc3-c3cccc(-c4ccc5c(c4)B4c6ccc(C(C)(C)C)cc6N(c6ccc(C(C)(C)C)cc6-c6ccccc6)c6cc(C(C)(C)C)cc(c64)N5c4c(-c5ccccc5)cccc4-c4ccccc4)c32)c([2H])c1[2H]. The third-order valence-electron chi connectivity index (χ3n) is 18.5. The van der Waals surface area contributed by atoms with Crippen LogP contribution in [0.4, 0.5) is 34.1 Å². The van der Waals surface area contributed by atoms with Gasteiger partial charge in [0.25, 0.3) is 6.71 Å². The second-order valence-electron chi connectivity index (χ2n) is 26.9. The van der Waals surface area contributed by atoms with Gasteiger partial charge in [0.05, 0.1) is 30.5 Å². The van der Waals surface area contributed by atoms with E-state index in [-0.39, 0.29) is 27.4 Å². The zero-order chi connectivity index (χ0) is 69.0. The third kappa shape index (κ3) is 8.76. The van der Waals surface area contributed by atoms with Gasteiger partial charge in [-0.1, -0.05) is 305 Å². The normalized spacial score (nSPS) is 15.4. The molecule has 88 heavy (non-hydrogen) atoms. The lowest BCUT2D eigenvalue weighted by Crippen LogP contribution is -2.61. The Bertz CT molecular complexity index is 5120. The number of hydrogen-bond donors (Lipinski definition) is 0. The van der Waals surface area contributed by atoms with Crippen LogP contribution in [0.2, 0.25) is 0 Å². The maximum Gasteiger partial charge on any atom is 0.252 e. The molecule has 426 valence electrons. The molecule has 0 radical (unpaired) electrons. The fourth-order valence-electron chi connectivity index (χ4n) is 14.2. The Balaban J connectivity index is 1.12. The Kier molecular flexibility index (Phi) is 10.5. The zero-order valence-corrected chi connectivity index (χ0v) is 51.3. The molecular weight excluding hydrogens is 1060 g/mol. The molecule has 15 rings (SSSR count). The van der Waals surface area contributed by atoms with Crippen molar-refractivity contribution in [3.63, 3.8) is 0 Å². The van der Waals surface area contributed by atoms with E-state index in [4.69, 9.17) is 2.74 Å². The Hall–Kier alpha value is -9.70. The lowest BCUT2D eigenvalue weighted by molar-refractivity contribution is 0.589. The molecule has 0 N–H and O–H groups in total. The predicted molar refractivity (Wildman–Crippen MR) is 376 cm³/mol. The largest absolute Gasteiger partial charge is 0.311 e. The first kappa shape index (κ1) is 44.7. The summed E-state index contributed by atoms with van der Waals surface area (Å²) >= 11 is 0. The first-order chi connectivity index (χ1) is 46.7. The van der Waals surface area contributed by atoms with Crippen molar-refractivity contribution < 1.29 is 13.7 Å². The maximum absolute atomic E-state index is 9.98. The molecule has 2 heterocycles. The molecule has 3 aliphatic rings. The summed E-state index contributed by atoms with van der Waals surface area (Å²) in [5.41, 5.74) is 19.0. The fourth-order valence-corrected chi connectivity index (χ4v) is 14.2. The van der Waals surface area contributed by atoms with Crippen LogP contribution >= 0.6 is 0 Å². The molecule has 0 bridgehead atoms. The average molecular weight is 1140 g/mol. The molecule has 2 aliphatic heterocycles. The average Bonchev–Trinajstić information content (AvgIpc) is 1.47. The van der Waals surface area contributed by atoms with Crippen molar-refractivity contribution in [2.24, 2.45) is 0 Å². The highest BCUT2D eigenvalue weighted by Crippen LogP contribution is 2.60. The highest BCUT2D eigenvalue weighted by atomic mass is 15.2. The molecule has 0 atom stereocenters. The van der Waals surface area contributed by atoms with Crippen LogP contribution in [0.15, 0.2) is 279 Å². The minimum Gasteiger partial charge on any atom is -0.311 e. The van der Waals surface area contributed by atoms with Crippen molar-refractivity contribution in [2.45, 2.75) is 84.0 Å². The number of anilines is 6. The lowest BCUT2D eigenvalue weighted by Gasteiger charge is -2.46. The Labute approximate surface area is 535 Å². The molecule has 0 saturated heterocycles. The van der Waals surface area contributed by atoms with Crippen LogP contribution in [0.5, 0.6) is 0 Å². The summed E-state index contributed by atoms with van der Waals surface area (Å²) < 4.78 is 95.1. The summed E-state index contributed by atoms with van der Waals surface area (Å²) in [6.07, 6.45) is 0. The van der Waals surface area contributed by atoms with Crippen LogP contribution in [-0.4, -0.2) is 6.71 Å². The second-order valence-corrected chi connectivity index (χ2v) is 26.9. The van der Waals surface area contributed by atoms with Gasteiger partial charge in [0, 0.05) is 39.4 Å². The molecule has 12 aromatic rings. The molecule has 3 heteroatoms. The molecule has 12 aromatic carbocycles. The van der Waals surface area contributed by atoms with Gasteiger partial charge in [-0.25, -0.2) is 0 Å². The van der Waals surface area contributed by atoms with Crippen LogP contribution in [0.1, 0.15) is 115 Å². The van der Waals surface area contributed by atoms with Gasteiger partial charge in [0.15, 0.2) is 0 Å². The van der Waals surface area contributed by atoms with Gasteiger partial charge in [-0.15, -0.1) is 0 Å². The maximum atomic E-state index is 9.98. The number of hydrogen-bond acceptors (Lipinski definition) is 2. The van der Waals surface area contributed by atoms with E-state index in [1.165, 1.54) is 5.56 Å². The number of benzene rings is 12. The second kappa shape index (κ2) is 20.7. The molecule has 1 aliphatic carbocycles. The molecule has 0 aromatic heterocycles. The molecule has 0 spiro atoms. The summed E-state index contributed by atoms with van der Waals surface area (Å²) in [6.45, 7) is 20.0. The summed E-state index contributed by atoms with van der Waals surface area (Å²) in [7, 11) is 0. The highest BCUT2D eigenvalue weighted by molar-refractivity contribution is 7.00. The van der Waals surface area contributed by atoms with Crippen molar-refractivity contribution in [3.8, 4) is 55.6 Å². The quantitative estimate of drug-likeness (QED) is 0.140. The van der Waals surface area contributed by atoms with Crippen LogP contribution in [0, 0.1) is 0 Å². The van der Waals surface area contributed by atoms with E-state index in [9.17, 15) is 11.0 Å². The number of rotatable bonds is 8. The first-order valence-electron chi connectivity index (χ1n) is 35.6. The van der Waals surface area contributed by atoms with Crippen molar-refractivity contribution in [2.75, 3.05) is 9.80 Å². The van der Waals surface area contributed by atoms with Crippen LogP contribution < -0.4 is 26.2 Å². The van der Waals surface area contributed by atoms with Gasteiger partial charge in [-0.05, 0) is 147 Å². The van der Waals surface area contributed by atoms with Gasteiger partial charge < -0.3 is 9.80 Å². The summed E-state index contributed by atoms with van der Waals surface area (Å²) in [6, 6.07) is 71.3. The zero-order valence-electron chi connectivity index (χ0n) is 61.3. The molecule has 2 nitrogen and oxygen atoms in total. The third-order valence-corrected chi connectivity index (χ3v) is 18.5. The van der Waals surface area contributed by atoms with Crippen molar-refractivity contribution in [1.82, 2.24) is 0 Å². The Morgan fingerprint density at radius 3 is 1.38 bits per heavy atom. The van der Waals surface area contributed by atoms with Gasteiger partial charge in [-0.2, -0.15) is 0 Å². The van der Waals surface area contributed by atoms with E-state index in [1.807, 2.05) is 42.5 Å². The van der Waals surface area contributed by atoms with Crippen molar-refractivity contribution in [3.05, 3.63) is 318 Å². The molecule has 0 saturated carbocycles. The van der Waals surface area contributed by atoms with E-state index >= 15 is 0 Å². The van der Waals surface area contributed by atoms with Gasteiger partial charge >= 0.3 is 0 Å². The van der Waals surface area contributed by atoms with E-state index in [0.717, 1.165) is 95.0 Å². The van der Waals surface area contributed by atoms with Crippen LogP contribution in [0.3, 0.4) is 0 Å². The minimum absolute atomic E-state index is 0.174. The summed E-state index contributed by atoms with van der Waals surface area (Å²) in [5.74, 6) is 0. The predicted octanol–water partition coefficient (Wildman–Crippen LogP) is 20.7. The monoisotopic (exact) mass is 1140 g/mol. The standard InChI is InChI=1S/C85H73BN2/c1-82(2,3)62-47-50-74(70(52-62)58-33-19-12-20-34-58)87-76-53-63(83(4,5)6)46-48-72(76)86-73-51-59(65-40-27-43-69-68-39-25-26-44-71(68)85(79(65)69,60-35-21-13-22-36-60)61-37-23-14-24-38-61)45-49-75(73)88(78-55-64(84(7,8)9)54-77(87)80(78)86)81-66(56-29-15-10-16-30-56)41-28-42-67(81)57-31-17-11-18-32-57/h10-55H,1-9H3/i13D,14D,21D,22D,23D,24D,35D,36D,37D,38D. The van der Waals surface area contributed by atoms with Gasteiger partial charge in [0.2, 0.25) is 0 Å². The van der Waals surface area contributed by atoms with Crippen LogP contribution in [0.25, 0.3) is 55.6 Å². The van der Waals surface area contributed by atoms with E-state index in [2.05, 4.69) is 236 Å². The summed E-state index contributed by atoms with van der Waals surface area (Å²) in [5, 5.41) is 0. The summed E-state index contributed by atoms with van der Waals surface area (Å²) in [4.78, 5) is 5.03. The van der Waals surface area contributed by atoms with Gasteiger partial charge in [-0.3, -0.25) is 0 Å². The smallest absolute Gasteiger partial charge is 0.252 e. The topological polar surface area (TPSA) is 6.48 Å². The Morgan fingerprint density at radius 2 is 0.795 bits per heavy atom. The van der Waals surface area contributed by atoms with Crippen LogP contribution in [-0.2, 0) is 21.7 Å². The minimum atomic E-state index is -2.09. The Morgan fingerprint density at radius 1 is 0.330 bits per heavy atom. The fraction of sp³-hybridized carbons (Fsp3) is 0.153. The number of para-hydroxylation sites is 1. The van der Waals surface area contributed by atoms with E-state index in [0.29, 0.717) is 33.4 Å². The number of nitrogens with zero attached hydrogens (tertiary/aromatic N) is 2.